The summed E-state index contributed by atoms with van der Waals surface area (Å²) >= 11 is 0. The van der Waals surface area contributed by atoms with Crippen LogP contribution >= 0.6 is 0 Å². The summed E-state index contributed by atoms with van der Waals surface area (Å²) < 4.78 is 10.3. The van der Waals surface area contributed by atoms with Gasteiger partial charge in [-0.2, -0.15) is 0 Å². The molecule has 0 heterocycles. The molecule has 0 N–H and O–H groups in total. The number of rotatable bonds is 6. The van der Waals surface area contributed by atoms with Gasteiger partial charge >= 0.3 is 5.97 Å². The minimum Gasteiger partial charge on any atom is -0.465 e. The number of carbonyl (C=O) groups is 1. The number of hydrogen-bond donors (Lipinski definition) is 0. The molecule has 98 valence electrons. The van der Waals surface area contributed by atoms with Crippen molar-refractivity contribution in [3.05, 3.63) is 35.4 Å². The highest BCUT2D eigenvalue weighted by atomic mass is 16.5. The zero-order valence-electron chi connectivity index (χ0n) is 10.9. The van der Waals surface area contributed by atoms with Crippen molar-refractivity contribution in [3.63, 3.8) is 0 Å². The fourth-order valence-electron chi connectivity index (χ4n) is 2.08. The first-order valence-electron chi connectivity index (χ1n) is 6.54. The van der Waals surface area contributed by atoms with Crippen LogP contribution in [-0.2, 0) is 16.1 Å². The van der Waals surface area contributed by atoms with Crippen LogP contribution in [0.5, 0.6) is 0 Å². The lowest BCUT2D eigenvalue weighted by atomic mass is 9.83. The van der Waals surface area contributed by atoms with Crippen molar-refractivity contribution in [3.8, 4) is 0 Å². The molecule has 0 spiro atoms. The molecule has 0 amide bonds. The lowest BCUT2D eigenvalue weighted by Gasteiger charge is -2.24. The van der Waals surface area contributed by atoms with Gasteiger partial charge in [-0.25, -0.2) is 4.79 Å². The van der Waals surface area contributed by atoms with Gasteiger partial charge in [0, 0.05) is 6.61 Å². The van der Waals surface area contributed by atoms with Crippen LogP contribution in [0.1, 0.15) is 41.6 Å². The van der Waals surface area contributed by atoms with Gasteiger partial charge in [0.1, 0.15) is 0 Å². The normalized spacial score (nSPS) is 15.2. The SMILES string of the molecule is COC(=O)c1ccc(COCCC2CCC2)cc1. The topological polar surface area (TPSA) is 35.5 Å². The average Bonchev–Trinajstić information content (AvgIpc) is 2.36. The van der Waals surface area contributed by atoms with Crippen LogP contribution in [-0.4, -0.2) is 19.7 Å². The second-order valence-corrected chi connectivity index (χ2v) is 4.83. The summed E-state index contributed by atoms with van der Waals surface area (Å²) in [6, 6.07) is 7.37. The number of esters is 1. The first-order chi connectivity index (χ1) is 8.79. The highest BCUT2D eigenvalue weighted by Gasteiger charge is 2.16. The highest BCUT2D eigenvalue weighted by Crippen LogP contribution is 2.29. The number of benzene rings is 1. The summed E-state index contributed by atoms with van der Waals surface area (Å²) in [7, 11) is 1.39. The third kappa shape index (κ3) is 3.57. The van der Waals surface area contributed by atoms with Crippen LogP contribution in [0, 0.1) is 5.92 Å². The maximum Gasteiger partial charge on any atom is 0.337 e. The van der Waals surface area contributed by atoms with Crippen LogP contribution in [0.2, 0.25) is 0 Å². The molecule has 1 aliphatic rings. The quantitative estimate of drug-likeness (QED) is 0.573. The summed E-state index contributed by atoms with van der Waals surface area (Å²) in [6.07, 6.45) is 5.31. The largest absolute Gasteiger partial charge is 0.465 e. The zero-order chi connectivity index (χ0) is 12.8. The third-order valence-corrected chi connectivity index (χ3v) is 3.54. The molecule has 1 aromatic carbocycles. The van der Waals surface area contributed by atoms with Gasteiger partial charge in [-0.1, -0.05) is 31.4 Å². The Morgan fingerprint density at radius 1 is 1.28 bits per heavy atom. The van der Waals surface area contributed by atoms with Crippen molar-refractivity contribution in [2.45, 2.75) is 32.3 Å². The van der Waals surface area contributed by atoms with E-state index in [-0.39, 0.29) is 5.97 Å². The number of ether oxygens (including phenoxy) is 2. The van der Waals surface area contributed by atoms with Gasteiger partial charge in [-0.15, -0.1) is 0 Å². The molecule has 3 nitrogen and oxygen atoms in total. The molecule has 0 atom stereocenters. The Labute approximate surface area is 108 Å². The summed E-state index contributed by atoms with van der Waals surface area (Å²) in [5, 5.41) is 0. The van der Waals surface area contributed by atoms with E-state index in [1.165, 1.54) is 32.8 Å². The van der Waals surface area contributed by atoms with Crippen LogP contribution in [0.15, 0.2) is 24.3 Å². The fraction of sp³-hybridized carbons (Fsp3) is 0.533. The van der Waals surface area contributed by atoms with E-state index in [2.05, 4.69) is 4.74 Å². The first-order valence-corrected chi connectivity index (χ1v) is 6.54. The van der Waals surface area contributed by atoms with E-state index in [0.29, 0.717) is 12.2 Å². The molecule has 0 bridgehead atoms. The van der Waals surface area contributed by atoms with E-state index in [1.54, 1.807) is 12.1 Å². The lowest BCUT2D eigenvalue weighted by molar-refractivity contribution is 0.0600. The van der Waals surface area contributed by atoms with Gasteiger partial charge in [0.25, 0.3) is 0 Å². The predicted octanol–water partition coefficient (Wildman–Crippen LogP) is 3.18. The van der Waals surface area contributed by atoms with Gasteiger partial charge < -0.3 is 9.47 Å². The van der Waals surface area contributed by atoms with Crippen molar-refractivity contribution in [2.75, 3.05) is 13.7 Å². The first kappa shape index (κ1) is 13.1. The Morgan fingerprint density at radius 3 is 2.56 bits per heavy atom. The Morgan fingerprint density at radius 2 is 2.00 bits per heavy atom. The van der Waals surface area contributed by atoms with Gasteiger partial charge in [0.15, 0.2) is 0 Å². The second kappa shape index (κ2) is 6.55. The molecule has 3 heteroatoms. The van der Waals surface area contributed by atoms with Crippen LogP contribution < -0.4 is 0 Å². The van der Waals surface area contributed by atoms with Gasteiger partial charge in [-0.05, 0) is 30.0 Å². The van der Waals surface area contributed by atoms with Crippen LogP contribution in [0.25, 0.3) is 0 Å². The summed E-state index contributed by atoms with van der Waals surface area (Å²) in [4.78, 5) is 11.2. The lowest BCUT2D eigenvalue weighted by Crippen LogP contribution is -2.13. The molecule has 0 saturated heterocycles. The van der Waals surface area contributed by atoms with Crippen molar-refractivity contribution >= 4 is 5.97 Å². The molecule has 1 aromatic rings. The van der Waals surface area contributed by atoms with Gasteiger partial charge in [0.2, 0.25) is 0 Å². The minimum atomic E-state index is -0.299. The number of carbonyl (C=O) groups excluding carboxylic acids is 1. The summed E-state index contributed by atoms with van der Waals surface area (Å²) in [5.74, 6) is 0.596. The number of methoxy groups -OCH3 is 1. The average molecular weight is 248 g/mol. The third-order valence-electron chi connectivity index (χ3n) is 3.54. The number of hydrogen-bond acceptors (Lipinski definition) is 3. The summed E-state index contributed by atoms with van der Waals surface area (Å²) in [5.41, 5.74) is 1.67. The van der Waals surface area contributed by atoms with E-state index >= 15 is 0 Å². The standard InChI is InChI=1S/C15H20O3/c1-17-15(16)14-7-5-13(6-8-14)11-18-10-9-12-3-2-4-12/h5-8,12H,2-4,9-11H2,1H3. The monoisotopic (exact) mass is 248 g/mol. The molecule has 0 aromatic heterocycles. The van der Waals surface area contributed by atoms with Gasteiger partial charge in [-0.3, -0.25) is 0 Å². The Kier molecular flexibility index (Phi) is 4.76. The Balaban J connectivity index is 1.70. The molecular formula is C15H20O3. The maximum absolute atomic E-state index is 11.2. The molecule has 0 aliphatic heterocycles. The van der Waals surface area contributed by atoms with E-state index < -0.39 is 0 Å². The van der Waals surface area contributed by atoms with Crippen LogP contribution in [0.3, 0.4) is 0 Å². The Hall–Kier alpha value is -1.35. The molecule has 1 fully saturated rings. The van der Waals surface area contributed by atoms with E-state index in [0.717, 1.165) is 18.1 Å². The highest BCUT2D eigenvalue weighted by molar-refractivity contribution is 5.89. The van der Waals surface area contributed by atoms with Crippen molar-refractivity contribution in [1.82, 2.24) is 0 Å². The van der Waals surface area contributed by atoms with E-state index in [1.807, 2.05) is 12.1 Å². The molecule has 2 rings (SSSR count). The maximum atomic E-state index is 11.2. The molecular weight excluding hydrogens is 228 g/mol. The predicted molar refractivity (Wildman–Crippen MR) is 69.4 cm³/mol. The molecule has 1 aliphatic carbocycles. The van der Waals surface area contributed by atoms with Crippen LogP contribution in [0.4, 0.5) is 0 Å². The molecule has 0 radical (unpaired) electrons. The molecule has 0 unspecified atom stereocenters. The van der Waals surface area contributed by atoms with E-state index in [9.17, 15) is 4.79 Å². The van der Waals surface area contributed by atoms with Gasteiger partial charge in [0.05, 0.1) is 19.3 Å². The summed E-state index contributed by atoms with van der Waals surface area (Å²) in [6.45, 7) is 1.46. The Bertz CT molecular complexity index is 379. The molecule has 18 heavy (non-hydrogen) atoms. The van der Waals surface area contributed by atoms with Crippen molar-refractivity contribution < 1.29 is 14.3 Å². The smallest absolute Gasteiger partial charge is 0.337 e. The zero-order valence-corrected chi connectivity index (χ0v) is 10.9. The fourth-order valence-corrected chi connectivity index (χ4v) is 2.08. The second-order valence-electron chi connectivity index (χ2n) is 4.83. The molecule has 1 saturated carbocycles. The van der Waals surface area contributed by atoms with Crippen molar-refractivity contribution in [1.29, 1.82) is 0 Å². The van der Waals surface area contributed by atoms with E-state index in [4.69, 9.17) is 4.74 Å². The van der Waals surface area contributed by atoms with Crippen molar-refractivity contribution in [2.24, 2.45) is 5.92 Å². The minimum absolute atomic E-state index is 0.299.